The minimum Gasteiger partial charge on any atom is -0.484 e. The zero-order valence-electron chi connectivity index (χ0n) is 12.8. The number of hydrogen-bond donors (Lipinski definition) is 1. The maximum atomic E-state index is 12.0. The van der Waals surface area contributed by atoms with Gasteiger partial charge < -0.3 is 10.1 Å². The maximum Gasteiger partial charge on any atom is 0.262 e. The molecule has 110 valence electrons. The largest absolute Gasteiger partial charge is 0.484 e. The van der Waals surface area contributed by atoms with Gasteiger partial charge in [0.15, 0.2) is 6.61 Å². The number of carbonyl (C=O) groups is 1. The third-order valence-electron chi connectivity index (χ3n) is 3.34. The molecule has 3 heteroatoms. The summed E-state index contributed by atoms with van der Waals surface area (Å²) >= 11 is 0. The molecule has 0 atom stereocenters. The Morgan fingerprint density at radius 1 is 1.14 bits per heavy atom. The molecule has 3 nitrogen and oxygen atoms in total. The van der Waals surface area contributed by atoms with Crippen molar-refractivity contribution in [2.24, 2.45) is 0 Å². The Morgan fingerprint density at radius 3 is 2.71 bits per heavy atom. The highest BCUT2D eigenvalue weighted by Crippen LogP contribution is 2.17. The molecule has 0 aromatic heterocycles. The normalized spacial score (nSPS) is 10.2. The van der Waals surface area contributed by atoms with Crippen LogP contribution in [-0.4, -0.2) is 12.5 Å². The van der Waals surface area contributed by atoms with E-state index in [2.05, 4.69) is 12.2 Å². The molecular weight excluding hydrogens is 262 g/mol. The van der Waals surface area contributed by atoms with Gasteiger partial charge >= 0.3 is 0 Å². The lowest BCUT2D eigenvalue weighted by Crippen LogP contribution is -2.20. The summed E-state index contributed by atoms with van der Waals surface area (Å²) in [6, 6.07) is 13.8. The van der Waals surface area contributed by atoms with Crippen molar-refractivity contribution < 1.29 is 9.53 Å². The number of anilines is 1. The summed E-state index contributed by atoms with van der Waals surface area (Å²) in [7, 11) is 0. The van der Waals surface area contributed by atoms with Gasteiger partial charge in [0.2, 0.25) is 0 Å². The van der Waals surface area contributed by atoms with Crippen molar-refractivity contribution in [1.29, 1.82) is 0 Å². The quantitative estimate of drug-likeness (QED) is 0.904. The maximum absolute atomic E-state index is 12.0. The number of amides is 1. The third kappa shape index (κ3) is 4.35. The molecule has 0 heterocycles. The molecule has 0 bridgehead atoms. The van der Waals surface area contributed by atoms with Gasteiger partial charge in [-0.25, -0.2) is 0 Å². The van der Waals surface area contributed by atoms with Crippen molar-refractivity contribution in [3.05, 3.63) is 59.2 Å². The van der Waals surface area contributed by atoms with Gasteiger partial charge in [0.1, 0.15) is 5.75 Å². The molecule has 0 unspecified atom stereocenters. The van der Waals surface area contributed by atoms with Crippen LogP contribution in [0.15, 0.2) is 42.5 Å². The van der Waals surface area contributed by atoms with Crippen molar-refractivity contribution in [3.8, 4) is 5.75 Å². The summed E-state index contributed by atoms with van der Waals surface area (Å²) < 4.78 is 5.54. The number of carbonyl (C=O) groups excluding carboxylic acids is 1. The zero-order valence-corrected chi connectivity index (χ0v) is 12.8. The fourth-order valence-corrected chi connectivity index (χ4v) is 2.06. The first-order chi connectivity index (χ1) is 10.1. The van der Waals surface area contributed by atoms with Crippen molar-refractivity contribution in [1.82, 2.24) is 0 Å². The Labute approximate surface area is 126 Å². The third-order valence-corrected chi connectivity index (χ3v) is 3.34. The van der Waals surface area contributed by atoms with E-state index in [1.165, 1.54) is 5.56 Å². The zero-order chi connectivity index (χ0) is 15.2. The second kappa shape index (κ2) is 6.93. The molecule has 2 aromatic carbocycles. The van der Waals surface area contributed by atoms with Crippen molar-refractivity contribution in [2.75, 3.05) is 11.9 Å². The van der Waals surface area contributed by atoms with Gasteiger partial charge in [0.05, 0.1) is 0 Å². The number of benzene rings is 2. The van der Waals surface area contributed by atoms with Gasteiger partial charge in [0.25, 0.3) is 5.91 Å². The molecule has 0 spiro atoms. The lowest BCUT2D eigenvalue weighted by molar-refractivity contribution is -0.118. The van der Waals surface area contributed by atoms with Crippen LogP contribution in [0.3, 0.4) is 0 Å². The van der Waals surface area contributed by atoms with Crippen LogP contribution in [0.5, 0.6) is 5.75 Å². The molecule has 0 aliphatic rings. The predicted octanol–water partition coefficient (Wildman–Crippen LogP) is 3.88. The average Bonchev–Trinajstić information content (AvgIpc) is 2.49. The van der Waals surface area contributed by atoms with Crippen LogP contribution in [0.25, 0.3) is 0 Å². The monoisotopic (exact) mass is 283 g/mol. The Bertz CT molecular complexity index is 635. The molecular formula is C18H21NO2. The highest BCUT2D eigenvalue weighted by atomic mass is 16.5. The lowest BCUT2D eigenvalue weighted by atomic mass is 10.1. The standard InChI is InChI=1S/C18H21NO2/c1-4-15-6-5-7-16(11-15)21-12-18(20)19-17-10-13(2)8-9-14(17)3/h5-11H,4,12H2,1-3H3,(H,19,20). The van der Waals surface area contributed by atoms with Gasteiger partial charge in [-0.1, -0.05) is 31.2 Å². The molecule has 1 amide bonds. The number of hydrogen-bond acceptors (Lipinski definition) is 2. The molecule has 1 N–H and O–H groups in total. The van der Waals surface area contributed by atoms with Crippen LogP contribution in [-0.2, 0) is 11.2 Å². The summed E-state index contributed by atoms with van der Waals surface area (Å²) in [6.07, 6.45) is 0.950. The van der Waals surface area contributed by atoms with Crippen LogP contribution in [0, 0.1) is 13.8 Å². The van der Waals surface area contributed by atoms with Crippen LogP contribution < -0.4 is 10.1 Å². The number of rotatable bonds is 5. The molecule has 0 radical (unpaired) electrons. The van der Waals surface area contributed by atoms with E-state index in [4.69, 9.17) is 4.74 Å². The van der Waals surface area contributed by atoms with Gasteiger partial charge in [0, 0.05) is 5.69 Å². The van der Waals surface area contributed by atoms with E-state index in [9.17, 15) is 4.79 Å². The van der Waals surface area contributed by atoms with Crippen LogP contribution >= 0.6 is 0 Å². The van der Waals surface area contributed by atoms with Crippen molar-refractivity contribution in [3.63, 3.8) is 0 Å². The molecule has 2 aromatic rings. The highest BCUT2D eigenvalue weighted by Gasteiger charge is 2.06. The Morgan fingerprint density at radius 2 is 1.95 bits per heavy atom. The number of nitrogens with one attached hydrogen (secondary N) is 1. The minimum absolute atomic E-state index is 0.0144. The smallest absolute Gasteiger partial charge is 0.262 e. The fourth-order valence-electron chi connectivity index (χ4n) is 2.06. The first kappa shape index (κ1) is 15.1. The van der Waals surface area contributed by atoms with Crippen molar-refractivity contribution in [2.45, 2.75) is 27.2 Å². The van der Waals surface area contributed by atoms with Gasteiger partial charge in [-0.2, -0.15) is 0 Å². The lowest BCUT2D eigenvalue weighted by Gasteiger charge is -2.11. The summed E-state index contributed by atoms with van der Waals surface area (Å²) in [5, 5.41) is 2.89. The van der Waals surface area contributed by atoms with E-state index in [1.807, 2.05) is 56.3 Å². The van der Waals surface area contributed by atoms with Crippen LogP contribution in [0.1, 0.15) is 23.6 Å². The molecule has 0 saturated carbocycles. The second-order valence-electron chi connectivity index (χ2n) is 5.16. The minimum atomic E-state index is -0.148. The summed E-state index contributed by atoms with van der Waals surface area (Å²) in [6.45, 7) is 6.08. The molecule has 0 saturated heterocycles. The summed E-state index contributed by atoms with van der Waals surface area (Å²) in [5.41, 5.74) is 4.20. The second-order valence-corrected chi connectivity index (χ2v) is 5.16. The molecule has 0 fully saturated rings. The Kier molecular flexibility index (Phi) is 4.99. The summed E-state index contributed by atoms with van der Waals surface area (Å²) in [4.78, 5) is 12.0. The number of aryl methyl sites for hydroxylation is 3. The molecule has 21 heavy (non-hydrogen) atoms. The highest BCUT2D eigenvalue weighted by molar-refractivity contribution is 5.92. The first-order valence-electron chi connectivity index (χ1n) is 7.17. The van der Waals surface area contributed by atoms with Crippen molar-refractivity contribution >= 4 is 11.6 Å². The van der Waals surface area contributed by atoms with E-state index < -0.39 is 0 Å². The van der Waals surface area contributed by atoms with E-state index in [0.717, 1.165) is 29.0 Å². The van der Waals surface area contributed by atoms with Crippen LogP contribution in [0.4, 0.5) is 5.69 Å². The van der Waals surface area contributed by atoms with Gasteiger partial charge in [-0.05, 0) is 55.2 Å². The average molecular weight is 283 g/mol. The molecule has 0 aliphatic heterocycles. The molecule has 0 aliphatic carbocycles. The summed E-state index contributed by atoms with van der Waals surface area (Å²) in [5.74, 6) is 0.580. The molecule has 2 rings (SSSR count). The fraction of sp³-hybridized carbons (Fsp3) is 0.278. The predicted molar refractivity (Wildman–Crippen MR) is 85.9 cm³/mol. The van der Waals surface area contributed by atoms with E-state index in [-0.39, 0.29) is 12.5 Å². The van der Waals surface area contributed by atoms with E-state index in [1.54, 1.807) is 0 Å². The van der Waals surface area contributed by atoms with Gasteiger partial charge in [-0.3, -0.25) is 4.79 Å². The van der Waals surface area contributed by atoms with Gasteiger partial charge in [-0.15, -0.1) is 0 Å². The van der Waals surface area contributed by atoms with Crippen LogP contribution in [0.2, 0.25) is 0 Å². The Hall–Kier alpha value is -2.29. The topological polar surface area (TPSA) is 38.3 Å². The van der Waals surface area contributed by atoms with E-state index in [0.29, 0.717) is 0 Å². The van der Waals surface area contributed by atoms with E-state index >= 15 is 0 Å². The first-order valence-corrected chi connectivity index (χ1v) is 7.17. The number of ether oxygens (including phenoxy) is 1. The Balaban J connectivity index is 1.94. The SMILES string of the molecule is CCc1cccc(OCC(=O)Nc2cc(C)ccc2C)c1.